The van der Waals surface area contributed by atoms with E-state index < -0.39 is 18.1 Å². The number of rotatable bonds is 9. The van der Waals surface area contributed by atoms with Crippen LogP contribution in [0.2, 0.25) is 0 Å². The average Bonchev–Trinajstić information content (AvgIpc) is 3.29. The molecule has 132 valence electrons. The van der Waals surface area contributed by atoms with Gasteiger partial charge in [-0.25, -0.2) is 4.79 Å². The second kappa shape index (κ2) is 8.15. The molecular weight excluding hydrogens is 308 g/mol. The molecule has 0 spiro atoms. The molecule has 1 saturated carbocycles. The van der Waals surface area contributed by atoms with Crippen molar-refractivity contribution < 1.29 is 19.4 Å². The van der Waals surface area contributed by atoms with Gasteiger partial charge in [0.2, 0.25) is 0 Å². The minimum absolute atomic E-state index is 0.223. The van der Waals surface area contributed by atoms with Crippen LogP contribution in [0.4, 0.5) is 4.79 Å². The van der Waals surface area contributed by atoms with Gasteiger partial charge in [0.1, 0.15) is 12.6 Å². The first-order chi connectivity index (χ1) is 11.4. The van der Waals surface area contributed by atoms with Crippen LogP contribution in [-0.4, -0.2) is 35.3 Å². The molecule has 0 saturated heterocycles. The third-order valence-electron chi connectivity index (χ3n) is 4.13. The molecule has 2 rings (SSSR count). The van der Waals surface area contributed by atoms with E-state index in [2.05, 4.69) is 10.6 Å². The van der Waals surface area contributed by atoms with E-state index in [0.717, 1.165) is 18.4 Å². The summed E-state index contributed by atoms with van der Waals surface area (Å²) in [4.78, 5) is 23.2. The van der Waals surface area contributed by atoms with Gasteiger partial charge in [-0.05, 0) is 30.7 Å². The first kappa shape index (κ1) is 18.3. The van der Waals surface area contributed by atoms with Crippen molar-refractivity contribution in [1.82, 2.24) is 10.6 Å². The van der Waals surface area contributed by atoms with Gasteiger partial charge in [0.25, 0.3) is 0 Å². The fourth-order valence-corrected chi connectivity index (χ4v) is 2.53. The van der Waals surface area contributed by atoms with Crippen LogP contribution in [0.3, 0.4) is 0 Å². The maximum absolute atomic E-state index is 12.0. The van der Waals surface area contributed by atoms with E-state index in [0.29, 0.717) is 13.0 Å². The summed E-state index contributed by atoms with van der Waals surface area (Å²) in [5, 5.41) is 15.2. The number of carbonyl (C=O) groups excluding carboxylic acids is 1. The molecule has 24 heavy (non-hydrogen) atoms. The van der Waals surface area contributed by atoms with Gasteiger partial charge in [0.05, 0.1) is 5.54 Å². The van der Waals surface area contributed by atoms with Crippen molar-refractivity contribution in [2.24, 2.45) is 5.92 Å². The fraction of sp³-hybridized carbons (Fsp3) is 0.556. The number of alkyl carbamates (subject to hydrolysis) is 1. The number of hydrogen-bond acceptors (Lipinski definition) is 4. The lowest BCUT2D eigenvalue weighted by atomic mass is 10.0. The van der Waals surface area contributed by atoms with Gasteiger partial charge < -0.3 is 20.5 Å². The van der Waals surface area contributed by atoms with Gasteiger partial charge in [-0.1, -0.05) is 44.2 Å². The Morgan fingerprint density at radius 1 is 1.25 bits per heavy atom. The number of aliphatic carboxylic acids is 1. The van der Waals surface area contributed by atoms with Crippen LogP contribution >= 0.6 is 0 Å². The van der Waals surface area contributed by atoms with Crippen molar-refractivity contribution in [3.05, 3.63) is 35.9 Å². The van der Waals surface area contributed by atoms with Gasteiger partial charge >= 0.3 is 12.1 Å². The molecule has 0 radical (unpaired) electrons. The Labute approximate surface area is 142 Å². The van der Waals surface area contributed by atoms with Gasteiger partial charge in [0, 0.05) is 6.54 Å². The summed E-state index contributed by atoms with van der Waals surface area (Å²) in [5.41, 5.74) is 0.553. The Morgan fingerprint density at radius 2 is 1.92 bits per heavy atom. The molecule has 1 atom stereocenters. The SMILES string of the molecule is CC(C)C[C@@H](NCC1(NC(=O)OCc2ccccc2)CC1)C(=O)O. The van der Waals surface area contributed by atoms with Crippen LogP contribution < -0.4 is 10.6 Å². The molecule has 0 aromatic heterocycles. The molecule has 1 aliphatic carbocycles. The fourth-order valence-electron chi connectivity index (χ4n) is 2.53. The molecule has 6 heteroatoms. The summed E-state index contributed by atoms with van der Waals surface area (Å²) in [5.74, 6) is -0.566. The molecule has 6 nitrogen and oxygen atoms in total. The molecule has 1 aliphatic rings. The summed E-state index contributed by atoms with van der Waals surface area (Å²) in [7, 11) is 0. The Hall–Kier alpha value is -2.08. The molecule has 1 fully saturated rings. The van der Waals surface area contributed by atoms with Gasteiger partial charge in [-0.2, -0.15) is 0 Å². The predicted octanol–water partition coefficient (Wildman–Crippen LogP) is 2.53. The molecule has 0 aliphatic heterocycles. The first-order valence-corrected chi connectivity index (χ1v) is 8.35. The zero-order chi connectivity index (χ0) is 17.6. The lowest BCUT2D eigenvalue weighted by Crippen LogP contribution is -2.49. The molecule has 0 heterocycles. The molecule has 0 unspecified atom stereocenters. The zero-order valence-electron chi connectivity index (χ0n) is 14.2. The van der Waals surface area contributed by atoms with Crippen molar-refractivity contribution in [2.75, 3.05) is 6.54 Å². The topological polar surface area (TPSA) is 87.7 Å². The van der Waals surface area contributed by atoms with E-state index in [1.54, 1.807) is 0 Å². The predicted molar refractivity (Wildman–Crippen MR) is 90.6 cm³/mol. The molecular formula is C18H26N2O4. The minimum Gasteiger partial charge on any atom is -0.480 e. The number of amides is 1. The smallest absolute Gasteiger partial charge is 0.407 e. The summed E-state index contributed by atoms with van der Waals surface area (Å²) < 4.78 is 5.23. The summed E-state index contributed by atoms with van der Waals surface area (Å²) in [6.45, 7) is 4.64. The first-order valence-electron chi connectivity index (χ1n) is 8.35. The van der Waals surface area contributed by atoms with E-state index in [1.807, 2.05) is 44.2 Å². The highest BCUT2D eigenvalue weighted by Crippen LogP contribution is 2.35. The molecule has 1 aromatic rings. The highest BCUT2D eigenvalue weighted by molar-refractivity contribution is 5.73. The van der Waals surface area contributed by atoms with E-state index in [4.69, 9.17) is 4.74 Å². The normalized spacial score (nSPS) is 16.5. The van der Waals surface area contributed by atoms with Crippen molar-refractivity contribution in [2.45, 2.75) is 51.3 Å². The molecule has 3 N–H and O–H groups in total. The minimum atomic E-state index is -0.855. The number of nitrogens with one attached hydrogen (secondary N) is 2. The second-order valence-electron chi connectivity index (χ2n) is 6.87. The number of carboxylic acid groups (broad SMARTS) is 1. The molecule has 1 aromatic carbocycles. The number of benzene rings is 1. The van der Waals surface area contributed by atoms with Gasteiger partial charge in [-0.15, -0.1) is 0 Å². The van der Waals surface area contributed by atoms with E-state index in [1.165, 1.54) is 0 Å². The van der Waals surface area contributed by atoms with Crippen molar-refractivity contribution in [3.63, 3.8) is 0 Å². The van der Waals surface area contributed by atoms with Crippen LogP contribution in [-0.2, 0) is 16.1 Å². The summed E-state index contributed by atoms with van der Waals surface area (Å²) >= 11 is 0. The lowest BCUT2D eigenvalue weighted by molar-refractivity contribution is -0.139. The molecule has 1 amide bonds. The largest absolute Gasteiger partial charge is 0.480 e. The third-order valence-corrected chi connectivity index (χ3v) is 4.13. The quantitative estimate of drug-likeness (QED) is 0.646. The van der Waals surface area contributed by atoms with E-state index >= 15 is 0 Å². The number of hydrogen-bond donors (Lipinski definition) is 3. The third kappa shape index (κ3) is 5.85. The standard InChI is InChI=1S/C18H26N2O4/c1-13(2)10-15(16(21)22)19-12-18(8-9-18)20-17(23)24-11-14-6-4-3-5-7-14/h3-7,13,15,19H,8-12H2,1-2H3,(H,20,23)(H,21,22)/t15-/m1/s1. The van der Waals surface area contributed by atoms with E-state index in [9.17, 15) is 14.7 Å². The Kier molecular flexibility index (Phi) is 6.20. The second-order valence-corrected chi connectivity index (χ2v) is 6.87. The van der Waals surface area contributed by atoms with Crippen LogP contribution in [0.5, 0.6) is 0 Å². The Morgan fingerprint density at radius 3 is 2.46 bits per heavy atom. The number of carbonyl (C=O) groups is 2. The maximum atomic E-state index is 12.0. The highest BCUT2D eigenvalue weighted by atomic mass is 16.5. The highest BCUT2D eigenvalue weighted by Gasteiger charge is 2.45. The monoisotopic (exact) mass is 334 g/mol. The zero-order valence-corrected chi connectivity index (χ0v) is 14.2. The number of carboxylic acids is 1. The average molecular weight is 334 g/mol. The summed E-state index contributed by atoms with van der Waals surface area (Å²) in [6, 6.07) is 8.89. The summed E-state index contributed by atoms with van der Waals surface area (Å²) in [6.07, 6.45) is 1.75. The Bertz CT molecular complexity index is 555. The maximum Gasteiger partial charge on any atom is 0.407 e. The van der Waals surface area contributed by atoms with Gasteiger partial charge in [0.15, 0.2) is 0 Å². The lowest BCUT2D eigenvalue weighted by Gasteiger charge is -2.22. The van der Waals surface area contributed by atoms with Crippen LogP contribution in [0.15, 0.2) is 30.3 Å². The Balaban J connectivity index is 1.76. The van der Waals surface area contributed by atoms with Crippen molar-refractivity contribution >= 4 is 12.1 Å². The van der Waals surface area contributed by atoms with Crippen molar-refractivity contribution in [3.8, 4) is 0 Å². The van der Waals surface area contributed by atoms with Gasteiger partial charge in [-0.3, -0.25) is 4.79 Å². The van der Waals surface area contributed by atoms with E-state index in [-0.39, 0.29) is 18.1 Å². The van der Waals surface area contributed by atoms with Crippen LogP contribution in [0, 0.1) is 5.92 Å². The number of ether oxygens (including phenoxy) is 1. The van der Waals surface area contributed by atoms with Crippen LogP contribution in [0.25, 0.3) is 0 Å². The van der Waals surface area contributed by atoms with Crippen LogP contribution in [0.1, 0.15) is 38.7 Å². The molecule has 0 bridgehead atoms. The van der Waals surface area contributed by atoms with Crippen molar-refractivity contribution in [1.29, 1.82) is 0 Å².